The molecule has 3 aromatic carbocycles. The second-order valence-electron chi connectivity index (χ2n) is 17.7. The molecule has 11 atom stereocenters. The standard InChI is InChI=1S/C48H53NO15/c1-25-32(62-44(57)37(53)36(28-18-20-31(59-7)21-19-28)49-42(55)29-14-10-8-11-15-29)23-48(58)41(63-43(56)30-16-12-9-13-17-30)39-46(6,33(52)22-34-47(39,24-60-34)64-27(3)51)40(54)38(61-26(2)50)35(25)45(48,4)5/h8-21,32-34,36-39,41,52-53,58H,22-24H2,1-7H3,(H,49,55)/t32?,33?,34?,36-,37?,38?,39?,41?,46+,47-,48?/m0/s1. The second kappa shape index (κ2) is 17.2. The zero-order chi connectivity index (χ0) is 46.5. The summed E-state index contributed by atoms with van der Waals surface area (Å²) in [5.41, 5.74) is -7.19. The first-order valence-electron chi connectivity index (χ1n) is 21.0. The summed E-state index contributed by atoms with van der Waals surface area (Å²) in [5.74, 6) is -6.47. The van der Waals surface area contributed by atoms with E-state index in [2.05, 4.69) is 5.32 Å². The van der Waals surface area contributed by atoms with Crippen molar-refractivity contribution in [2.75, 3.05) is 13.7 Å². The number of hydrogen-bond donors (Lipinski definition) is 4. The lowest BCUT2D eigenvalue weighted by molar-refractivity contribution is -0.346. The van der Waals surface area contributed by atoms with Crippen molar-refractivity contribution in [2.24, 2.45) is 16.7 Å². The molecule has 0 aromatic heterocycles. The van der Waals surface area contributed by atoms with Gasteiger partial charge in [0.25, 0.3) is 5.91 Å². The van der Waals surface area contributed by atoms with Gasteiger partial charge in [0.2, 0.25) is 0 Å². The van der Waals surface area contributed by atoms with E-state index in [1.165, 1.54) is 33.1 Å². The third-order valence-electron chi connectivity index (χ3n) is 13.8. The van der Waals surface area contributed by atoms with E-state index in [1.807, 2.05) is 0 Å². The molecule has 64 heavy (non-hydrogen) atoms. The first-order valence-corrected chi connectivity index (χ1v) is 21.0. The minimum absolute atomic E-state index is 0.0148. The third-order valence-corrected chi connectivity index (χ3v) is 13.8. The van der Waals surface area contributed by atoms with E-state index in [9.17, 15) is 39.3 Å². The van der Waals surface area contributed by atoms with Gasteiger partial charge < -0.3 is 49.1 Å². The highest BCUT2D eigenvalue weighted by Crippen LogP contribution is 2.64. The van der Waals surface area contributed by atoms with Crippen LogP contribution in [0.3, 0.4) is 0 Å². The number of nitrogens with one attached hydrogen (secondary N) is 1. The van der Waals surface area contributed by atoms with E-state index < -0.39 is 113 Å². The van der Waals surface area contributed by atoms with Crippen LogP contribution in [0.15, 0.2) is 96.1 Å². The monoisotopic (exact) mass is 883 g/mol. The van der Waals surface area contributed by atoms with Gasteiger partial charge in [-0.2, -0.15) is 0 Å². The SMILES string of the molecule is COc1ccc([C@H](NC(=O)c2ccccc2)C(O)C(=O)OC2CC3(O)C(OC(=O)c4ccccc4)C4[C@]5(OC(C)=O)COC5CC(O)[C@@]4(C)C(=O)C(OC(C)=O)C(=C2C)C3(C)C)cc1. The number of methoxy groups -OCH3 is 1. The fourth-order valence-electron chi connectivity index (χ4n) is 10.3. The fraction of sp³-hybridized carbons (Fsp3) is 0.458. The Morgan fingerprint density at radius 3 is 2.00 bits per heavy atom. The van der Waals surface area contributed by atoms with Gasteiger partial charge in [-0.3, -0.25) is 19.2 Å². The molecular formula is C48H53NO15. The van der Waals surface area contributed by atoms with Gasteiger partial charge in [0.15, 0.2) is 23.6 Å². The maximum atomic E-state index is 15.5. The number of ether oxygens (including phenoxy) is 6. The minimum Gasteiger partial charge on any atom is -0.497 e. The Kier molecular flexibility index (Phi) is 12.4. The predicted octanol–water partition coefficient (Wildman–Crippen LogP) is 3.74. The van der Waals surface area contributed by atoms with E-state index >= 15 is 4.79 Å². The number of carbonyl (C=O) groups excluding carboxylic acids is 6. The van der Waals surface area contributed by atoms with E-state index in [0.29, 0.717) is 11.3 Å². The molecule has 0 radical (unpaired) electrons. The molecule has 0 spiro atoms. The fourth-order valence-corrected chi connectivity index (χ4v) is 10.3. The predicted molar refractivity (Wildman–Crippen MR) is 224 cm³/mol. The van der Waals surface area contributed by atoms with Crippen LogP contribution < -0.4 is 10.1 Å². The number of aliphatic hydroxyl groups excluding tert-OH is 2. The Labute approximate surface area is 369 Å². The zero-order valence-electron chi connectivity index (χ0n) is 36.6. The molecule has 3 aromatic rings. The first-order chi connectivity index (χ1) is 30.2. The molecule has 2 saturated carbocycles. The molecule has 16 heteroatoms. The number of Topliss-reactive ketones (excluding diaryl/α,β-unsaturated/α-hetero) is 1. The van der Waals surface area contributed by atoms with Crippen LogP contribution in [0.5, 0.6) is 5.75 Å². The Morgan fingerprint density at radius 1 is 0.844 bits per heavy atom. The lowest BCUT2D eigenvalue weighted by atomic mass is 9.44. The number of aliphatic hydroxyl groups is 3. The molecule has 16 nitrogen and oxygen atoms in total. The van der Waals surface area contributed by atoms with Crippen LogP contribution in [0, 0.1) is 16.7 Å². The molecule has 1 heterocycles. The summed E-state index contributed by atoms with van der Waals surface area (Å²) in [6, 6.07) is 20.8. The average molecular weight is 884 g/mol. The van der Waals surface area contributed by atoms with Gasteiger partial charge in [-0.15, -0.1) is 0 Å². The van der Waals surface area contributed by atoms with E-state index in [-0.39, 0.29) is 35.3 Å². The minimum atomic E-state index is -2.41. The van der Waals surface area contributed by atoms with Crippen LogP contribution in [0.25, 0.3) is 0 Å². The van der Waals surface area contributed by atoms with Gasteiger partial charge in [-0.1, -0.05) is 62.4 Å². The summed E-state index contributed by atoms with van der Waals surface area (Å²) in [6.45, 7) is 7.94. The zero-order valence-corrected chi connectivity index (χ0v) is 36.6. The van der Waals surface area contributed by atoms with Crippen molar-refractivity contribution in [1.82, 2.24) is 5.32 Å². The highest BCUT2D eigenvalue weighted by Gasteiger charge is 2.78. The van der Waals surface area contributed by atoms with Gasteiger partial charge in [0, 0.05) is 37.7 Å². The van der Waals surface area contributed by atoms with Crippen LogP contribution >= 0.6 is 0 Å². The molecule has 4 N–H and O–H groups in total. The molecule has 7 rings (SSSR count). The average Bonchev–Trinajstić information content (AvgIpc) is 3.26. The van der Waals surface area contributed by atoms with E-state index in [4.69, 9.17) is 28.4 Å². The summed E-state index contributed by atoms with van der Waals surface area (Å²) in [6.07, 6.45) is -10.7. The van der Waals surface area contributed by atoms with Gasteiger partial charge in [0.1, 0.15) is 29.7 Å². The summed E-state index contributed by atoms with van der Waals surface area (Å²) in [4.78, 5) is 83.8. The smallest absolute Gasteiger partial charge is 0.338 e. The Bertz CT molecular complexity index is 2350. The number of amides is 1. The number of carbonyl (C=O) groups is 6. The molecule has 3 fully saturated rings. The quantitative estimate of drug-likeness (QED) is 0.122. The molecule has 1 amide bonds. The number of rotatable bonds is 11. The summed E-state index contributed by atoms with van der Waals surface area (Å²) in [7, 11) is 1.46. The maximum absolute atomic E-state index is 15.5. The topological polar surface area (TPSA) is 231 Å². The molecule has 4 aliphatic rings. The van der Waals surface area contributed by atoms with E-state index in [0.717, 1.165) is 13.8 Å². The molecule has 2 bridgehead atoms. The second-order valence-corrected chi connectivity index (χ2v) is 17.7. The number of esters is 4. The maximum Gasteiger partial charge on any atom is 0.338 e. The van der Waals surface area contributed by atoms with Crippen molar-refractivity contribution in [1.29, 1.82) is 0 Å². The third kappa shape index (κ3) is 7.65. The Hall–Kier alpha value is -5.94. The van der Waals surface area contributed by atoms with Crippen molar-refractivity contribution < 1.29 is 72.5 Å². The van der Waals surface area contributed by atoms with Gasteiger partial charge in [0.05, 0.1) is 42.8 Å². The summed E-state index contributed by atoms with van der Waals surface area (Å²) in [5, 5.41) is 40.4. The molecule has 3 aliphatic carbocycles. The molecule has 340 valence electrons. The van der Waals surface area contributed by atoms with Crippen molar-refractivity contribution in [3.8, 4) is 5.75 Å². The first kappa shape index (κ1) is 46.1. The largest absolute Gasteiger partial charge is 0.497 e. The number of benzene rings is 3. The normalized spacial score (nSPS) is 31.2. The highest BCUT2D eigenvalue weighted by atomic mass is 16.6. The van der Waals surface area contributed by atoms with Crippen LogP contribution in [0.1, 0.15) is 86.7 Å². The van der Waals surface area contributed by atoms with Gasteiger partial charge in [-0.25, -0.2) is 9.59 Å². The van der Waals surface area contributed by atoms with Crippen molar-refractivity contribution in [2.45, 2.75) is 108 Å². The number of fused-ring (bicyclic) bond motifs is 5. The molecule has 8 unspecified atom stereocenters. The summed E-state index contributed by atoms with van der Waals surface area (Å²) >= 11 is 0. The lowest BCUT2D eigenvalue weighted by Gasteiger charge is -2.67. The van der Waals surface area contributed by atoms with Gasteiger partial charge >= 0.3 is 23.9 Å². The molecular weight excluding hydrogens is 831 g/mol. The summed E-state index contributed by atoms with van der Waals surface area (Å²) < 4.78 is 35.6. The Morgan fingerprint density at radius 2 is 1.45 bits per heavy atom. The lowest BCUT2D eigenvalue weighted by Crippen LogP contribution is -2.82. The van der Waals surface area contributed by atoms with Crippen LogP contribution in [-0.2, 0) is 42.9 Å². The number of hydrogen-bond acceptors (Lipinski definition) is 15. The number of ketones is 1. The van der Waals surface area contributed by atoms with Crippen LogP contribution in [0.2, 0.25) is 0 Å². The Balaban J connectivity index is 1.38. The molecule has 1 saturated heterocycles. The van der Waals surface area contributed by atoms with E-state index in [1.54, 1.807) is 86.6 Å². The van der Waals surface area contributed by atoms with Crippen molar-refractivity contribution in [3.63, 3.8) is 0 Å². The van der Waals surface area contributed by atoms with Crippen molar-refractivity contribution >= 4 is 35.6 Å². The van der Waals surface area contributed by atoms with Gasteiger partial charge in [-0.05, 0) is 67.0 Å². The molecule has 1 aliphatic heterocycles. The highest BCUT2D eigenvalue weighted by molar-refractivity contribution is 5.96. The van der Waals surface area contributed by atoms with Crippen LogP contribution in [0.4, 0.5) is 0 Å². The van der Waals surface area contributed by atoms with Crippen molar-refractivity contribution in [3.05, 3.63) is 113 Å². The van der Waals surface area contributed by atoms with Crippen LogP contribution in [-0.4, -0.2) is 112 Å².